The number of carbonyl (C=O) groups is 1. The fourth-order valence-corrected chi connectivity index (χ4v) is 2.37. The lowest BCUT2D eigenvalue weighted by Gasteiger charge is -2.23. The molecular weight excluding hydrogens is 290 g/mol. The number of rotatable bonds is 5. The van der Waals surface area contributed by atoms with Gasteiger partial charge in [0, 0.05) is 31.2 Å². The Balaban J connectivity index is 1.53. The van der Waals surface area contributed by atoms with E-state index in [0.29, 0.717) is 38.7 Å². The van der Waals surface area contributed by atoms with Gasteiger partial charge in [-0.25, -0.2) is 0 Å². The smallest absolute Gasteiger partial charge is 0.414 e. The van der Waals surface area contributed by atoms with E-state index in [2.05, 4.69) is 10.3 Å². The Labute approximate surface area is 127 Å². The zero-order valence-electron chi connectivity index (χ0n) is 12.2. The molecule has 2 heterocycles. The van der Waals surface area contributed by atoms with E-state index in [-0.39, 0.29) is 17.7 Å². The first-order valence-electron chi connectivity index (χ1n) is 7.45. The van der Waals surface area contributed by atoms with Crippen LogP contribution in [0, 0.1) is 16.0 Å². The third kappa shape index (κ3) is 3.73. The molecule has 3 rings (SSSR count). The van der Waals surface area contributed by atoms with Gasteiger partial charge in [-0.15, -0.1) is 0 Å². The Kier molecular flexibility index (Phi) is 4.23. The van der Waals surface area contributed by atoms with Gasteiger partial charge in [0.1, 0.15) is 12.8 Å². The number of hydrogen-bond donors (Lipinski definition) is 1. The zero-order chi connectivity index (χ0) is 15.5. The van der Waals surface area contributed by atoms with Crippen molar-refractivity contribution in [3.63, 3.8) is 0 Å². The van der Waals surface area contributed by atoms with Crippen LogP contribution in [0.2, 0.25) is 0 Å². The van der Waals surface area contributed by atoms with Gasteiger partial charge in [0.25, 0.3) is 0 Å². The van der Waals surface area contributed by atoms with Gasteiger partial charge in [0.05, 0.1) is 6.54 Å². The van der Waals surface area contributed by atoms with E-state index in [1.165, 1.54) is 19.0 Å². The Bertz CT molecular complexity index is 569. The lowest BCUT2D eigenvalue weighted by Crippen LogP contribution is -2.42. The van der Waals surface area contributed by atoms with Crippen molar-refractivity contribution in [1.29, 1.82) is 0 Å². The molecule has 0 atom stereocenters. The van der Waals surface area contributed by atoms with E-state index in [4.69, 9.17) is 4.74 Å². The summed E-state index contributed by atoms with van der Waals surface area (Å²) in [5, 5.41) is 13.7. The topological polar surface area (TPSA) is 103 Å². The van der Waals surface area contributed by atoms with Gasteiger partial charge < -0.3 is 20.2 Å². The minimum atomic E-state index is -0.537. The van der Waals surface area contributed by atoms with Crippen LogP contribution < -0.4 is 10.1 Å². The molecule has 22 heavy (non-hydrogen) atoms. The molecule has 1 aliphatic carbocycles. The second-order valence-electron chi connectivity index (χ2n) is 5.70. The molecule has 0 aromatic carbocycles. The molecular formula is C13H19N5O4. The molecule has 0 saturated heterocycles. The molecule has 0 radical (unpaired) electrons. The maximum atomic E-state index is 11.9. The highest BCUT2D eigenvalue weighted by atomic mass is 16.6. The van der Waals surface area contributed by atoms with Gasteiger partial charge >= 0.3 is 11.8 Å². The van der Waals surface area contributed by atoms with Crippen molar-refractivity contribution >= 4 is 11.7 Å². The molecule has 1 fully saturated rings. The van der Waals surface area contributed by atoms with E-state index in [0.717, 1.165) is 6.54 Å². The fourth-order valence-electron chi connectivity index (χ4n) is 2.37. The summed E-state index contributed by atoms with van der Waals surface area (Å²) in [4.78, 5) is 27.9. The van der Waals surface area contributed by atoms with E-state index in [1.54, 1.807) is 4.57 Å². The molecule has 1 N–H and O–H groups in total. The first-order valence-corrected chi connectivity index (χ1v) is 7.45. The molecule has 9 heteroatoms. The first kappa shape index (κ1) is 14.8. The minimum absolute atomic E-state index is 0.0179. The van der Waals surface area contributed by atoms with E-state index >= 15 is 0 Å². The van der Waals surface area contributed by atoms with Gasteiger partial charge in [-0.05, 0) is 23.7 Å². The number of amides is 1. The predicted octanol–water partition coefficient (Wildman–Crippen LogP) is 0.0119. The molecule has 9 nitrogen and oxygen atoms in total. The molecule has 2 aliphatic rings. The maximum absolute atomic E-state index is 11.9. The maximum Gasteiger partial charge on any atom is 0.414 e. The molecule has 1 aromatic rings. The summed E-state index contributed by atoms with van der Waals surface area (Å²) in [6.07, 6.45) is 3.78. The van der Waals surface area contributed by atoms with Gasteiger partial charge in [-0.2, -0.15) is 0 Å². The zero-order valence-corrected chi connectivity index (χ0v) is 12.2. The summed E-state index contributed by atoms with van der Waals surface area (Å²) in [6.45, 7) is 3.16. The van der Waals surface area contributed by atoms with E-state index in [1.807, 2.05) is 4.90 Å². The van der Waals surface area contributed by atoms with Gasteiger partial charge in [0.15, 0.2) is 0 Å². The second kappa shape index (κ2) is 6.30. The van der Waals surface area contributed by atoms with Crippen molar-refractivity contribution in [2.75, 3.05) is 32.8 Å². The van der Waals surface area contributed by atoms with Gasteiger partial charge in [0.2, 0.25) is 5.91 Å². The van der Waals surface area contributed by atoms with Crippen LogP contribution in [0.1, 0.15) is 12.8 Å². The molecule has 1 amide bonds. The monoisotopic (exact) mass is 309 g/mol. The van der Waals surface area contributed by atoms with Crippen molar-refractivity contribution in [1.82, 2.24) is 19.8 Å². The Morgan fingerprint density at radius 1 is 1.45 bits per heavy atom. The van der Waals surface area contributed by atoms with Crippen LogP contribution in [0.25, 0.3) is 0 Å². The number of ether oxygens (including phenoxy) is 1. The number of fused-ring (bicyclic) bond motifs is 1. The van der Waals surface area contributed by atoms with Crippen LogP contribution in [0.4, 0.5) is 5.82 Å². The third-order valence-electron chi connectivity index (χ3n) is 3.86. The van der Waals surface area contributed by atoms with Crippen molar-refractivity contribution < 1.29 is 14.5 Å². The van der Waals surface area contributed by atoms with Crippen LogP contribution >= 0.6 is 0 Å². The van der Waals surface area contributed by atoms with Crippen LogP contribution in [0.15, 0.2) is 6.20 Å². The van der Waals surface area contributed by atoms with E-state index < -0.39 is 4.92 Å². The number of nitrogens with one attached hydrogen (secondary N) is 1. The van der Waals surface area contributed by atoms with E-state index in [9.17, 15) is 14.9 Å². The Hall–Kier alpha value is -2.16. The average molecular weight is 309 g/mol. The summed E-state index contributed by atoms with van der Waals surface area (Å²) < 4.78 is 7.07. The number of carbonyl (C=O) groups excluding carboxylic acids is 1. The number of aromatic nitrogens is 2. The lowest BCUT2D eigenvalue weighted by molar-refractivity contribution is -0.389. The molecule has 1 aromatic heterocycles. The normalized spacial score (nSPS) is 18.7. The minimum Gasteiger partial charge on any atom is -0.444 e. The number of imidazole rings is 1. The van der Waals surface area contributed by atoms with Crippen LogP contribution in [0.5, 0.6) is 6.01 Å². The molecule has 0 bridgehead atoms. The van der Waals surface area contributed by atoms with Crippen LogP contribution in [-0.4, -0.2) is 58.1 Å². The van der Waals surface area contributed by atoms with Crippen LogP contribution in [-0.2, 0) is 11.3 Å². The summed E-state index contributed by atoms with van der Waals surface area (Å²) in [6, 6.07) is 0.268. The van der Waals surface area contributed by atoms with Crippen molar-refractivity contribution in [3.05, 3.63) is 16.3 Å². The Morgan fingerprint density at radius 2 is 2.27 bits per heavy atom. The molecule has 1 saturated carbocycles. The number of hydrogen-bond acceptors (Lipinski definition) is 6. The van der Waals surface area contributed by atoms with Crippen molar-refractivity contribution in [2.24, 2.45) is 5.92 Å². The average Bonchev–Trinajstić information content (AvgIpc) is 3.21. The summed E-state index contributed by atoms with van der Waals surface area (Å²) in [5.74, 6) is 0.462. The number of nitro groups is 1. The quantitative estimate of drug-likeness (QED) is 0.607. The standard InChI is InChI=1S/C13H19N5O4/c19-12(14-7-10-1-2-10)9-16-3-4-17-8-11(18(20)21)15-13(17)22-6-5-16/h8,10H,1-7,9H2,(H,14,19). The second-order valence-corrected chi connectivity index (χ2v) is 5.70. The molecule has 0 spiro atoms. The molecule has 1 aliphatic heterocycles. The predicted molar refractivity (Wildman–Crippen MR) is 76.6 cm³/mol. The van der Waals surface area contributed by atoms with Gasteiger partial charge in [-0.1, -0.05) is 0 Å². The lowest BCUT2D eigenvalue weighted by atomic mass is 10.4. The van der Waals surface area contributed by atoms with Crippen molar-refractivity contribution in [2.45, 2.75) is 19.4 Å². The SMILES string of the molecule is O=C(CN1CCOc2nc([N+](=O)[O-])cn2CC1)NCC1CC1. The number of nitrogens with zero attached hydrogens (tertiary/aromatic N) is 4. The first-order chi connectivity index (χ1) is 10.6. The highest BCUT2D eigenvalue weighted by Gasteiger charge is 2.24. The summed E-state index contributed by atoms with van der Waals surface area (Å²) in [5.41, 5.74) is 0. The largest absolute Gasteiger partial charge is 0.444 e. The fraction of sp³-hybridized carbons (Fsp3) is 0.692. The third-order valence-corrected chi connectivity index (χ3v) is 3.86. The van der Waals surface area contributed by atoms with Gasteiger partial charge in [-0.3, -0.25) is 14.3 Å². The summed E-state index contributed by atoms with van der Waals surface area (Å²) in [7, 11) is 0. The Morgan fingerprint density at radius 3 is 3.00 bits per heavy atom. The highest BCUT2D eigenvalue weighted by molar-refractivity contribution is 5.78. The molecule has 120 valence electrons. The highest BCUT2D eigenvalue weighted by Crippen LogP contribution is 2.27. The molecule has 0 unspecified atom stereocenters. The van der Waals surface area contributed by atoms with Crippen molar-refractivity contribution in [3.8, 4) is 6.01 Å². The van der Waals surface area contributed by atoms with Crippen LogP contribution in [0.3, 0.4) is 0 Å². The summed E-state index contributed by atoms with van der Waals surface area (Å²) >= 11 is 0.